The van der Waals surface area contributed by atoms with Crippen LogP contribution in [0, 0.1) is 0 Å². The number of anilines is 1. The molecule has 1 aromatic heterocycles. The van der Waals surface area contributed by atoms with Crippen LogP contribution < -0.4 is 10.6 Å². The highest BCUT2D eigenvalue weighted by molar-refractivity contribution is 5.90. The highest BCUT2D eigenvalue weighted by Gasteiger charge is 2.24. The Bertz CT molecular complexity index is 436. The molecule has 1 fully saturated rings. The van der Waals surface area contributed by atoms with Crippen LogP contribution in [-0.4, -0.2) is 53.5 Å². The molecule has 98 valence electrons. The Kier molecular flexibility index (Phi) is 3.76. The van der Waals surface area contributed by atoms with E-state index in [4.69, 9.17) is 5.73 Å². The average Bonchev–Trinajstić information content (AvgIpc) is 2.39. The van der Waals surface area contributed by atoms with E-state index in [2.05, 4.69) is 33.7 Å². The molecule has 0 bridgehead atoms. The number of rotatable bonds is 3. The van der Waals surface area contributed by atoms with Gasteiger partial charge in [0, 0.05) is 25.7 Å². The van der Waals surface area contributed by atoms with Crippen LogP contribution in [0.4, 0.5) is 5.82 Å². The van der Waals surface area contributed by atoms with Crippen molar-refractivity contribution in [3.63, 3.8) is 0 Å². The summed E-state index contributed by atoms with van der Waals surface area (Å²) in [5.41, 5.74) is 5.44. The van der Waals surface area contributed by atoms with Crippen molar-refractivity contribution in [3.8, 4) is 0 Å². The van der Waals surface area contributed by atoms with E-state index in [-0.39, 0.29) is 5.69 Å². The van der Waals surface area contributed by atoms with Crippen LogP contribution in [-0.2, 0) is 0 Å². The molecule has 6 nitrogen and oxygen atoms in total. The lowest BCUT2D eigenvalue weighted by Crippen LogP contribution is -2.51. The summed E-state index contributed by atoms with van der Waals surface area (Å²) in [6, 6.07) is 0.512. The monoisotopic (exact) mass is 249 g/mol. The Morgan fingerprint density at radius 3 is 2.94 bits per heavy atom. The van der Waals surface area contributed by atoms with Crippen molar-refractivity contribution in [2.45, 2.75) is 19.4 Å². The van der Waals surface area contributed by atoms with Gasteiger partial charge in [-0.3, -0.25) is 14.7 Å². The lowest BCUT2D eigenvalue weighted by Gasteiger charge is -2.39. The van der Waals surface area contributed by atoms with Crippen LogP contribution in [0.5, 0.6) is 0 Å². The van der Waals surface area contributed by atoms with E-state index in [0.29, 0.717) is 6.04 Å². The molecule has 1 saturated heterocycles. The standard InChI is InChI=1S/C12H19N5O/c1-3-9-8-17(5-4-16(9)2)11-7-14-6-10(15-11)12(13)18/h6-7,9H,3-5,8H2,1-2H3,(H2,13,18)/t9-/m0/s1. The molecule has 2 heterocycles. The summed E-state index contributed by atoms with van der Waals surface area (Å²) < 4.78 is 0. The zero-order valence-electron chi connectivity index (χ0n) is 10.8. The molecular formula is C12H19N5O. The van der Waals surface area contributed by atoms with E-state index < -0.39 is 5.91 Å². The van der Waals surface area contributed by atoms with Crippen molar-refractivity contribution in [1.29, 1.82) is 0 Å². The molecule has 2 N–H and O–H groups in total. The fourth-order valence-electron chi connectivity index (χ4n) is 2.22. The van der Waals surface area contributed by atoms with Crippen molar-refractivity contribution in [3.05, 3.63) is 18.1 Å². The van der Waals surface area contributed by atoms with Crippen molar-refractivity contribution in [2.24, 2.45) is 5.73 Å². The van der Waals surface area contributed by atoms with Crippen molar-refractivity contribution in [1.82, 2.24) is 14.9 Å². The number of piperazine rings is 1. The zero-order valence-corrected chi connectivity index (χ0v) is 10.8. The van der Waals surface area contributed by atoms with Gasteiger partial charge in [-0.1, -0.05) is 6.92 Å². The van der Waals surface area contributed by atoms with Crippen LogP contribution in [0.2, 0.25) is 0 Å². The van der Waals surface area contributed by atoms with E-state index in [0.717, 1.165) is 31.9 Å². The highest BCUT2D eigenvalue weighted by atomic mass is 16.1. The van der Waals surface area contributed by atoms with E-state index >= 15 is 0 Å². The van der Waals surface area contributed by atoms with Gasteiger partial charge in [-0.15, -0.1) is 0 Å². The van der Waals surface area contributed by atoms with Crippen LogP contribution in [0.3, 0.4) is 0 Å². The summed E-state index contributed by atoms with van der Waals surface area (Å²) in [7, 11) is 2.14. The predicted octanol–water partition coefficient (Wildman–Crippen LogP) is 0.106. The molecule has 1 amide bonds. The van der Waals surface area contributed by atoms with Gasteiger partial charge in [0.1, 0.15) is 11.5 Å². The van der Waals surface area contributed by atoms with Gasteiger partial charge in [0.25, 0.3) is 5.91 Å². The minimum absolute atomic E-state index is 0.222. The van der Waals surface area contributed by atoms with Gasteiger partial charge in [0.05, 0.1) is 12.4 Å². The number of likely N-dealkylation sites (N-methyl/N-ethyl adjacent to an activating group) is 1. The Morgan fingerprint density at radius 2 is 2.28 bits per heavy atom. The number of primary amides is 1. The quantitative estimate of drug-likeness (QED) is 0.822. The molecule has 1 aromatic rings. The molecule has 2 rings (SSSR count). The van der Waals surface area contributed by atoms with E-state index in [1.165, 1.54) is 6.20 Å². The Morgan fingerprint density at radius 1 is 1.50 bits per heavy atom. The minimum atomic E-state index is -0.537. The first-order chi connectivity index (χ1) is 8.61. The first-order valence-corrected chi connectivity index (χ1v) is 6.19. The maximum Gasteiger partial charge on any atom is 0.268 e. The highest BCUT2D eigenvalue weighted by Crippen LogP contribution is 2.17. The normalized spacial score (nSPS) is 21.0. The fraction of sp³-hybridized carbons (Fsp3) is 0.583. The molecule has 18 heavy (non-hydrogen) atoms. The molecule has 0 saturated carbocycles. The number of hydrogen-bond donors (Lipinski definition) is 1. The van der Waals surface area contributed by atoms with E-state index in [9.17, 15) is 4.79 Å². The first kappa shape index (κ1) is 12.8. The average molecular weight is 249 g/mol. The van der Waals surface area contributed by atoms with Crippen LogP contribution in [0.25, 0.3) is 0 Å². The Labute approximate surface area is 107 Å². The summed E-state index contributed by atoms with van der Waals surface area (Å²) in [6.07, 6.45) is 4.18. The summed E-state index contributed by atoms with van der Waals surface area (Å²) in [5.74, 6) is 0.198. The lowest BCUT2D eigenvalue weighted by molar-refractivity contribution is 0.0995. The van der Waals surface area contributed by atoms with Crippen molar-refractivity contribution < 1.29 is 4.79 Å². The van der Waals surface area contributed by atoms with E-state index in [1.54, 1.807) is 6.20 Å². The maximum atomic E-state index is 11.1. The molecule has 0 aliphatic carbocycles. The summed E-state index contributed by atoms with van der Waals surface area (Å²) in [5, 5.41) is 0. The second kappa shape index (κ2) is 5.30. The van der Waals surface area contributed by atoms with Crippen LogP contribution in [0.1, 0.15) is 23.8 Å². The molecule has 0 aromatic carbocycles. The van der Waals surface area contributed by atoms with Gasteiger partial charge in [-0.05, 0) is 13.5 Å². The fourth-order valence-corrected chi connectivity index (χ4v) is 2.22. The largest absolute Gasteiger partial charge is 0.364 e. The predicted molar refractivity (Wildman–Crippen MR) is 69.5 cm³/mol. The number of hydrogen-bond acceptors (Lipinski definition) is 5. The number of carbonyl (C=O) groups is 1. The Balaban J connectivity index is 2.16. The topological polar surface area (TPSA) is 75.4 Å². The van der Waals surface area contributed by atoms with Crippen molar-refractivity contribution in [2.75, 3.05) is 31.6 Å². The van der Waals surface area contributed by atoms with E-state index in [1.807, 2.05) is 0 Å². The van der Waals surface area contributed by atoms with Gasteiger partial charge in [-0.25, -0.2) is 4.98 Å². The van der Waals surface area contributed by atoms with Gasteiger partial charge >= 0.3 is 0 Å². The van der Waals surface area contributed by atoms with Gasteiger partial charge in [0.15, 0.2) is 0 Å². The molecule has 0 spiro atoms. The SMILES string of the molecule is CC[C@H]1CN(c2cncc(C(N)=O)n2)CCN1C. The number of amides is 1. The summed E-state index contributed by atoms with van der Waals surface area (Å²) in [6.45, 7) is 4.96. The van der Waals surface area contributed by atoms with Crippen LogP contribution >= 0.6 is 0 Å². The van der Waals surface area contributed by atoms with Crippen LogP contribution in [0.15, 0.2) is 12.4 Å². The molecule has 0 unspecified atom stereocenters. The summed E-state index contributed by atoms with van der Waals surface area (Å²) >= 11 is 0. The number of nitrogens with two attached hydrogens (primary N) is 1. The third-order valence-corrected chi connectivity index (χ3v) is 3.45. The van der Waals surface area contributed by atoms with Gasteiger partial charge in [-0.2, -0.15) is 0 Å². The molecule has 1 aliphatic heterocycles. The smallest absolute Gasteiger partial charge is 0.268 e. The molecule has 0 radical (unpaired) electrons. The number of nitrogens with zero attached hydrogens (tertiary/aromatic N) is 4. The third kappa shape index (κ3) is 2.59. The minimum Gasteiger partial charge on any atom is -0.364 e. The molecule has 1 aliphatic rings. The second-order valence-corrected chi connectivity index (χ2v) is 4.62. The van der Waals surface area contributed by atoms with Crippen molar-refractivity contribution >= 4 is 11.7 Å². The van der Waals surface area contributed by atoms with Gasteiger partial charge < -0.3 is 10.6 Å². The second-order valence-electron chi connectivity index (χ2n) is 4.62. The molecule has 6 heteroatoms. The molecular weight excluding hydrogens is 230 g/mol. The third-order valence-electron chi connectivity index (χ3n) is 3.45. The first-order valence-electron chi connectivity index (χ1n) is 6.19. The number of carbonyl (C=O) groups excluding carboxylic acids is 1. The molecule has 1 atom stereocenters. The summed E-state index contributed by atoms with van der Waals surface area (Å²) in [4.78, 5) is 23.9. The number of aromatic nitrogens is 2. The van der Waals surface area contributed by atoms with Gasteiger partial charge in [0.2, 0.25) is 0 Å². The Hall–Kier alpha value is -1.69. The zero-order chi connectivity index (χ0) is 13.1. The maximum absolute atomic E-state index is 11.1. The lowest BCUT2D eigenvalue weighted by atomic mass is 10.1.